The second-order valence-electron chi connectivity index (χ2n) is 5.41. The average molecular weight is 321 g/mol. The summed E-state index contributed by atoms with van der Waals surface area (Å²) in [5, 5.41) is 0.204. The zero-order valence-corrected chi connectivity index (χ0v) is 13.8. The number of unbranched alkanes of at least 4 members (excludes halogenated alkanes) is 2. The van der Waals surface area contributed by atoms with Crippen molar-refractivity contribution in [1.82, 2.24) is 4.90 Å². The summed E-state index contributed by atoms with van der Waals surface area (Å²) in [5.41, 5.74) is 0. The van der Waals surface area contributed by atoms with E-state index >= 15 is 0 Å². The zero-order valence-electron chi connectivity index (χ0n) is 13.0. The molecule has 1 aromatic carbocycles. The Morgan fingerprint density at radius 2 is 2.09 bits per heavy atom. The van der Waals surface area contributed by atoms with Crippen LogP contribution in [0.1, 0.15) is 39.0 Å². The molecule has 2 rings (SSSR count). The van der Waals surface area contributed by atoms with Crippen molar-refractivity contribution in [3.05, 3.63) is 30.3 Å². The summed E-state index contributed by atoms with van der Waals surface area (Å²) in [7, 11) is 0. The first-order valence-corrected chi connectivity index (χ1v) is 8.77. The highest BCUT2D eigenvalue weighted by atomic mass is 32.2. The van der Waals surface area contributed by atoms with Crippen LogP contribution in [-0.2, 0) is 9.53 Å². The van der Waals surface area contributed by atoms with Crippen LogP contribution in [0.4, 0.5) is 4.79 Å². The van der Waals surface area contributed by atoms with E-state index in [0.717, 1.165) is 19.3 Å². The van der Waals surface area contributed by atoms with Gasteiger partial charge in [-0.2, -0.15) is 0 Å². The van der Waals surface area contributed by atoms with Crippen LogP contribution in [0.2, 0.25) is 0 Å². The number of hydrogen-bond donors (Lipinski definition) is 0. The van der Waals surface area contributed by atoms with Crippen LogP contribution in [0.5, 0.6) is 0 Å². The van der Waals surface area contributed by atoms with E-state index in [1.54, 1.807) is 11.8 Å². The largest absolute Gasteiger partial charge is 0.447 e. The van der Waals surface area contributed by atoms with Gasteiger partial charge in [0.1, 0.15) is 6.61 Å². The van der Waals surface area contributed by atoms with E-state index in [1.807, 2.05) is 18.2 Å². The van der Waals surface area contributed by atoms with Gasteiger partial charge in [-0.3, -0.25) is 4.79 Å². The molecule has 1 unspecified atom stereocenters. The maximum absolute atomic E-state index is 12.3. The number of benzene rings is 1. The third-order valence-electron chi connectivity index (χ3n) is 3.64. The summed E-state index contributed by atoms with van der Waals surface area (Å²) in [6.07, 6.45) is 4.32. The molecule has 120 valence electrons. The Morgan fingerprint density at radius 1 is 1.32 bits per heavy atom. The molecule has 0 spiro atoms. The first kappa shape index (κ1) is 16.9. The zero-order chi connectivity index (χ0) is 15.8. The van der Waals surface area contributed by atoms with Gasteiger partial charge in [0.25, 0.3) is 0 Å². The number of amides is 2. The van der Waals surface area contributed by atoms with Crippen LogP contribution in [0, 0.1) is 0 Å². The summed E-state index contributed by atoms with van der Waals surface area (Å²) in [6.45, 7) is 2.87. The Bertz CT molecular complexity index is 492. The highest BCUT2D eigenvalue weighted by Crippen LogP contribution is 2.29. The van der Waals surface area contributed by atoms with Crippen molar-refractivity contribution in [3.8, 4) is 0 Å². The van der Waals surface area contributed by atoms with Gasteiger partial charge in [0, 0.05) is 16.6 Å². The quantitative estimate of drug-likeness (QED) is 0.534. The van der Waals surface area contributed by atoms with Crippen LogP contribution in [0.15, 0.2) is 35.2 Å². The molecule has 0 N–H and O–H groups in total. The smallest absolute Gasteiger partial charge is 0.416 e. The Labute approximate surface area is 136 Å². The molecule has 0 bridgehead atoms. The summed E-state index contributed by atoms with van der Waals surface area (Å²) in [5.74, 6) is -0.118. The lowest BCUT2D eigenvalue weighted by Crippen LogP contribution is -2.33. The summed E-state index contributed by atoms with van der Waals surface area (Å²) >= 11 is 1.73. The summed E-state index contributed by atoms with van der Waals surface area (Å²) in [4.78, 5) is 26.2. The number of imide groups is 1. The van der Waals surface area contributed by atoms with Crippen LogP contribution < -0.4 is 0 Å². The standard InChI is InChI=1S/C17H23NO3S/c1-2-3-5-10-15(22-14-8-6-4-7-9-14)13-16(19)18-11-12-21-17(18)20/h4,6-9,15H,2-3,5,10-13H2,1H3. The summed E-state index contributed by atoms with van der Waals surface area (Å²) < 4.78 is 4.84. The highest BCUT2D eigenvalue weighted by molar-refractivity contribution is 8.00. The molecule has 4 nitrogen and oxygen atoms in total. The molecule has 2 amide bonds. The molecule has 1 saturated heterocycles. The van der Waals surface area contributed by atoms with Gasteiger partial charge in [-0.1, -0.05) is 44.4 Å². The molecule has 1 heterocycles. The lowest BCUT2D eigenvalue weighted by molar-refractivity contribution is -0.127. The van der Waals surface area contributed by atoms with E-state index in [1.165, 1.54) is 16.2 Å². The van der Waals surface area contributed by atoms with Crippen LogP contribution in [0.3, 0.4) is 0 Å². The van der Waals surface area contributed by atoms with Crippen molar-refractivity contribution >= 4 is 23.8 Å². The lowest BCUT2D eigenvalue weighted by Gasteiger charge is -2.18. The van der Waals surface area contributed by atoms with E-state index in [0.29, 0.717) is 19.6 Å². The number of ether oxygens (including phenoxy) is 1. The molecular weight excluding hydrogens is 298 g/mol. The minimum atomic E-state index is -0.498. The molecule has 1 atom stereocenters. The predicted octanol–water partition coefficient (Wildman–Crippen LogP) is 4.10. The van der Waals surface area contributed by atoms with Crippen LogP contribution in [-0.4, -0.2) is 35.3 Å². The first-order chi connectivity index (χ1) is 10.7. The lowest BCUT2D eigenvalue weighted by atomic mass is 10.1. The van der Waals surface area contributed by atoms with Crippen molar-refractivity contribution in [1.29, 1.82) is 0 Å². The van der Waals surface area contributed by atoms with Gasteiger partial charge < -0.3 is 4.74 Å². The number of rotatable bonds is 8. The molecule has 1 aliphatic heterocycles. The fourth-order valence-corrected chi connectivity index (χ4v) is 3.65. The van der Waals surface area contributed by atoms with E-state index in [2.05, 4.69) is 19.1 Å². The fourth-order valence-electron chi connectivity index (χ4n) is 2.44. The molecule has 1 aromatic rings. The van der Waals surface area contributed by atoms with Crippen LogP contribution >= 0.6 is 11.8 Å². The Hall–Kier alpha value is -1.49. The SMILES string of the molecule is CCCCCC(CC(=O)N1CCOC1=O)Sc1ccccc1. The Balaban J connectivity index is 1.94. The maximum Gasteiger partial charge on any atom is 0.416 e. The number of carbonyl (C=O) groups is 2. The van der Waals surface area contributed by atoms with Crippen molar-refractivity contribution in [2.45, 2.75) is 49.2 Å². The van der Waals surface area contributed by atoms with E-state index in [-0.39, 0.29) is 11.2 Å². The third-order valence-corrected chi connectivity index (χ3v) is 4.92. The molecule has 0 radical (unpaired) electrons. The molecule has 1 aliphatic rings. The minimum Gasteiger partial charge on any atom is -0.447 e. The fraction of sp³-hybridized carbons (Fsp3) is 0.529. The number of nitrogens with zero attached hydrogens (tertiary/aromatic N) is 1. The number of cyclic esters (lactones) is 1. The first-order valence-electron chi connectivity index (χ1n) is 7.89. The van der Waals surface area contributed by atoms with Gasteiger partial charge in [0.05, 0.1) is 6.54 Å². The van der Waals surface area contributed by atoms with Crippen molar-refractivity contribution in [3.63, 3.8) is 0 Å². The summed E-state index contributed by atoms with van der Waals surface area (Å²) in [6, 6.07) is 10.1. The van der Waals surface area contributed by atoms with E-state index in [4.69, 9.17) is 4.74 Å². The van der Waals surface area contributed by atoms with Gasteiger partial charge in [-0.05, 0) is 18.6 Å². The third kappa shape index (κ3) is 5.05. The highest BCUT2D eigenvalue weighted by Gasteiger charge is 2.30. The van der Waals surface area contributed by atoms with Crippen molar-refractivity contribution < 1.29 is 14.3 Å². The molecule has 1 fully saturated rings. The van der Waals surface area contributed by atoms with Gasteiger partial charge in [-0.25, -0.2) is 9.69 Å². The monoisotopic (exact) mass is 321 g/mol. The topological polar surface area (TPSA) is 46.6 Å². The number of hydrogen-bond acceptors (Lipinski definition) is 4. The van der Waals surface area contributed by atoms with Crippen LogP contribution in [0.25, 0.3) is 0 Å². The maximum atomic E-state index is 12.3. The van der Waals surface area contributed by atoms with Crippen molar-refractivity contribution in [2.24, 2.45) is 0 Å². The molecule has 5 heteroatoms. The van der Waals surface area contributed by atoms with Gasteiger partial charge in [-0.15, -0.1) is 11.8 Å². The van der Waals surface area contributed by atoms with E-state index < -0.39 is 6.09 Å². The number of thioether (sulfide) groups is 1. The molecule has 0 aromatic heterocycles. The Morgan fingerprint density at radius 3 is 2.73 bits per heavy atom. The minimum absolute atomic E-state index is 0.118. The van der Waals surface area contributed by atoms with Gasteiger partial charge >= 0.3 is 6.09 Å². The average Bonchev–Trinajstić information content (AvgIpc) is 2.94. The normalized spacial score (nSPS) is 15.7. The van der Waals surface area contributed by atoms with E-state index in [9.17, 15) is 9.59 Å². The predicted molar refractivity (Wildman–Crippen MR) is 87.9 cm³/mol. The molecule has 0 aliphatic carbocycles. The number of carbonyl (C=O) groups excluding carboxylic acids is 2. The second kappa shape index (κ2) is 8.83. The van der Waals surface area contributed by atoms with Crippen molar-refractivity contribution in [2.75, 3.05) is 13.2 Å². The molecule has 22 heavy (non-hydrogen) atoms. The van der Waals surface area contributed by atoms with Gasteiger partial charge in [0.2, 0.25) is 5.91 Å². The molecular formula is C17H23NO3S. The van der Waals surface area contributed by atoms with Gasteiger partial charge in [0.15, 0.2) is 0 Å². The second-order valence-corrected chi connectivity index (χ2v) is 6.79. The Kier molecular flexibility index (Phi) is 6.77. The molecule has 0 saturated carbocycles.